The monoisotopic (exact) mass is 433 g/mol. The zero-order valence-corrected chi connectivity index (χ0v) is 17.6. The Hall–Kier alpha value is -3.42. The van der Waals surface area contributed by atoms with Gasteiger partial charge in [-0.1, -0.05) is 12.1 Å². The van der Waals surface area contributed by atoms with Crippen molar-refractivity contribution in [2.75, 3.05) is 25.0 Å². The molecule has 1 amide bonds. The summed E-state index contributed by atoms with van der Waals surface area (Å²) in [5.74, 6) is 0.262. The van der Waals surface area contributed by atoms with Crippen molar-refractivity contribution in [3.63, 3.8) is 0 Å². The number of H-pyrrole nitrogens is 1. The van der Waals surface area contributed by atoms with E-state index in [1.165, 1.54) is 16.2 Å². The van der Waals surface area contributed by atoms with Crippen LogP contribution in [-0.4, -0.2) is 45.2 Å². The van der Waals surface area contributed by atoms with Crippen LogP contribution in [0.25, 0.3) is 16.8 Å². The number of fused-ring (bicyclic) bond motifs is 1. The highest BCUT2D eigenvalue weighted by molar-refractivity contribution is 5.81. The number of amides is 1. The van der Waals surface area contributed by atoms with Gasteiger partial charge in [-0.15, -0.1) is 0 Å². The van der Waals surface area contributed by atoms with Gasteiger partial charge in [-0.05, 0) is 66.6 Å². The lowest BCUT2D eigenvalue weighted by molar-refractivity contribution is -0.131. The number of rotatable bonds is 4. The second kappa shape index (κ2) is 7.32. The third kappa shape index (κ3) is 3.21. The van der Waals surface area contributed by atoms with E-state index in [0.29, 0.717) is 25.3 Å². The SMILES string of the molecule is O=C(C1CC1)N1CCC(c2n[nH]c(=O)n2-c2ccc(-c3ccc4c(c3)CCN4)cc2F)C1. The molecule has 164 valence electrons. The Morgan fingerprint density at radius 1 is 1.09 bits per heavy atom. The lowest BCUT2D eigenvalue weighted by atomic mass is 10.0. The molecular formula is C24H24FN5O2. The molecule has 1 atom stereocenters. The number of hydrogen-bond acceptors (Lipinski definition) is 4. The Morgan fingerprint density at radius 2 is 1.91 bits per heavy atom. The number of halogens is 1. The molecule has 32 heavy (non-hydrogen) atoms. The minimum atomic E-state index is -0.477. The Morgan fingerprint density at radius 3 is 2.72 bits per heavy atom. The lowest BCUT2D eigenvalue weighted by Gasteiger charge is -2.16. The number of hydrogen-bond donors (Lipinski definition) is 2. The van der Waals surface area contributed by atoms with Crippen molar-refractivity contribution in [1.29, 1.82) is 0 Å². The van der Waals surface area contributed by atoms with Crippen LogP contribution in [0.3, 0.4) is 0 Å². The first-order valence-electron chi connectivity index (χ1n) is 11.2. The minimum absolute atomic E-state index is 0.0973. The molecule has 2 N–H and O–H groups in total. The van der Waals surface area contributed by atoms with E-state index in [1.807, 2.05) is 23.1 Å². The maximum absolute atomic E-state index is 15.3. The second-order valence-corrected chi connectivity index (χ2v) is 8.98. The first-order valence-corrected chi connectivity index (χ1v) is 11.2. The van der Waals surface area contributed by atoms with Crippen LogP contribution in [0.4, 0.5) is 10.1 Å². The van der Waals surface area contributed by atoms with Crippen LogP contribution < -0.4 is 11.0 Å². The third-order valence-electron chi connectivity index (χ3n) is 6.83. The molecule has 1 saturated carbocycles. The fourth-order valence-corrected chi connectivity index (χ4v) is 4.93. The van der Waals surface area contributed by atoms with Crippen LogP contribution in [-0.2, 0) is 11.2 Å². The highest BCUT2D eigenvalue weighted by Crippen LogP contribution is 2.35. The van der Waals surface area contributed by atoms with Gasteiger partial charge in [0, 0.05) is 37.2 Å². The van der Waals surface area contributed by atoms with Gasteiger partial charge in [0.15, 0.2) is 0 Å². The number of benzene rings is 2. The molecule has 1 aliphatic carbocycles. The van der Waals surface area contributed by atoms with E-state index < -0.39 is 11.5 Å². The molecule has 3 aliphatic rings. The molecule has 7 nitrogen and oxygen atoms in total. The van der Waals surface area contributed by atoms with Gasteiger partial charge in [0.05, 0.1) is 5.69 Å². The quantitative estimate of drug-likeness (QED) is 0.663. The third-order valence-corrected chi connectivity index (χ3v) is 6.83. The Kier molecular flexibility index (Phi) is 4.41. The van der Waals surface area contributed by atoms with Crippen molar-refractivity contribution < 1.29 is 9.18 Å². The molecule has 6 rings (SSSR count). The number of anilines is 1. The summed E-state index contributed by atoms with van der Waals surface area (Å²) >= 11 is 0. The maximum atomic E-state index is 15.3. The van der Waals surface area contributed by atoms with Crippen LogP contribution in [0, 0.1) is 11.7 Å². The summed E-state index contributed by atoms with van der Waals surface area (Å²) in [6.07, 6.45) is 3.60. The zero-order valence-electron chi connectivity index (χ0n) is 17.6. The van der Waals surface area contributed by atoms with Crippen molar-refractivity contribution >= 4 is 11.6 Å². The first kappa shape index (κ1) is 19.3. The van der Waals surface area contributed by atoms with Gasteiger partial charge in [-0.2, -0.15) is 5.10 Å². The molecule has 0 radical (unpaired) electrons. The lowest BCUT2D eigenvalue weighted by Crippen LogP contribution is -2.30. The highest BCUT2D eigenvalue weighted by atomic mass is 19.1. The topological polar surface area (TPSA) is 83.0 Å². The van der Waals surface area contributed by atoms with E-state index in [1.54, 1.807) is 6.07 Å². The number of aromatic amines is 1. The van der Waals surface area contributed by atoms with Crippen LogP contribution in [0.1, 0.15) is 36.6 Å². The average molecular weight is 433 g/mol. The summed E-state index contributed by atoms with van der Waals surface area (Å²) in [4.78, 5) is 26.8. The Bertz CT molecular complexity index is 1280. The van der Waals surface area contributed by atoms with E-state index in [-0.39, 0.29) is 23.4 Å². The van der Waals surface area contributed by atoms with Gasteiger partial charge in [0.25, 0.3) is 0 Å². The van der Waals surface area contributed by atoms with E-state index in [9.17, 15) is 9.59 Å². The molecular weight excluding hydrogens is 409 g/mol. The molecule has 0 bridgehead atoms. The fourth-order valence-electron chi connectivity index (χ4n) is 4.93. The smallest absolute Gasteiger partial charge is 0.348 e. The molecule has 2 aromatic carbocycles. The van der Waals surface area contributed by atoms with Gasteiger partial charge < -0.3 is 10.2 Å². The summed E-state index contributed by atoms with van der Waals surface area (Å²) in [7, 11) is 0. The van der Waals surface area contributed by atoms with E-state index in [2.05, 4.69) is 21.6 Å². The number of nitrogens with zero attached hydrogens (tertiary/aromatic N) is 3. The number of nitrogens with one attached hydrogen (secondary N) is 2. The van der Waals surface area contributed by atoms with Crippen LogP contribution in [0.5, 0.6) is 0 Å². The van der Waals surface area contributed by atoms with Crippen LogP contribution in [0.2, 0.25) is 0 Å². The van der Waals surface area contributed by atoms with Gasteiger partial charge in [0.1, 0.15) is 11.6 Å². The van der Waals surface area contributed by atoms with Crippen molar-refractivity contribution in [3.8, 4) is 16.8 Å². The summed E-state index contributed by atoms with van der Waals surface area (Å²) in [6.45, 7) is 2.08. The number of carbonyl (C=O) groups is 1. The number of aromatic nitrogens is 3. The molecule has 2 fully saturated rings. The first-order chi connectivity index (χ1) is 15.6. The van der Waals surface area contributed by atoms with Crippen molar-refractivity contribution in [3.05, 3.63) is 64.1 Å². The molecule has 2 aliphatic heterocycles. The molecule has 1 unspecified atom stereocenters. The molecule has 3 heterocycles. The summed E-state index contributed by atoms with van der Waals surface area (Å²) in [6, 6.07) is 11.0. The highest BCUT2D eigenvalue weighted by Gasteiger charge is 2.38. The van der Waals surface area contributed by atoms with Gasteiger partial charge in [-0.3, -0.25) is 4.79 Å². The standard InChI is InChI=1S/C24H24FN5O2/c25-19-12-16(15-3-5-20-17(11-15)7-9-26-20)4-6-21(19)30-22(27-28-24(30)32)18-8-10-29(13-18)23(31)14-1-2-14/h3-6,11-12,14,18,26H,1-2,7-10,13H2,(H,28,32). The number of likely N-dealkylation sites (tertiary alicyclic amines) is 1. The summed E-state index contributed by atoms with van der Waals surface area (Å²) in [5.41, 5.74) is 3.78. The van der Waals surface area contributed by atoms with Crippen LogP contribution in [0.15, 0.2) is 41.2 Å². The molecule has 3 aromatic rings. The van der Waals surface area contributed by atoms with Crippen LogP contribution >= 0.6 is 0 Å². The van der Waals surface area contributed by atoms with E-state index >= 15 is 4.39 Å². The zero-order chi connectivity index (χ0) is 21.8. The molecule has 8 heteroatoms. The van der Waals surface area contributed by atoms with Crippen molar-refractivity contribution in [1.82, 2.24) is 19.7 Å². The molecule has 0 spiro atoms. The molecule has 1 aromatic heterocycles. The predicted octanol–water partition coefficient (Wildman–Crippen LogP) is 3.06. The van der Waals surface area contributed by atoms with E-state index in [4.69, 9.17) is 0 Å². The summed E-state index contributed by atoms with van der Waals surface area (Å²) < 4.78 is 16.6. The number of carbonyl (C=O) groups excluding carboxylic acids is 1. The van der Waals surface area contributed by atoms with Gasteiger partial charge >= 0.3 is 5.69 Å². The molecule has 1 saturated heterocycles. The summed E-state index contributed by atoms with van der Waals surface area (Å²) in [5, 5.41) is 10.0. The van der Waals surface area contributed by atoms with Gasteiger partial charge in [-0.25, -0.2) is 18.9 Å². The van der Waals surface area contributed by atoms with Crippen molar-refractivity contribution in [2.24, 2.45) is 5.92 Å². The second-order valence-electron chi connectivity index (χ2n) is 8.98. The van der Waals surface area contributed by atoms with E-state index in [0.717, 1.165) is 42.6 Å². The average Bonchev–Trinajstić information content (AvgIpc) is 3.18. The Labute approximate surface area is 184 Å². The van der Waals surface area contributed by atoms with Crippen molar-refractivity contribution in [2.45, 2.75) is 31.6 Å². The normalized spacial score (nSPS) is 19.8. The van der Waals surface area contributed by atoms with Gasteiger partial charge in [0.2, 0.25) is 5.91 Å². The maximum Gasteiger partial charge on any atom is 0.348 e. The predicted molar refractivity (Wildman–Crippen MR) is 118 cm³/mol. The minimum Gasteiger partial charge on any atom is -0.384 e. The largest absolute Gasteiger partial charge is 0.384 e. The fraction of sp³-hybridized carbons (Fsp3) is 0.375. The Balaban J connectivity index is 1.30.